The maximum absolute atomic E-state index is 13.1. The lowest BCUT2D eigenvalue weighted by molar-refractivity contribution is -0.137. The van der Waals surface area contributed by atoms with E-state index in [1.807, 2.05) is 4.57 Å². The highest BCUT2D eigenvalue weighted by Gasteiger charge is 2.32. The van der Waals surface area contributed by atoms with Crippen LogP contribution in [0.25, 0.3) is 11.5 Å². The molecule has 0 aliphatic carbocycles. The van der Waals surface area contributed by atoms with Crippen molar-refractivity contribution in [1.29, 1.82) is 0 Å². The fourth-order valence-electron chi connectivity index (χ4n) is 3.01. The number of carbonyl (C=O) groups is 1. The van der Waals surface area contributed by atoms with E-state index in [9.17, 15) is 18.0 Å². The number of halogens is 3. The number of alkyl halides is 3. The van der Waals surface area contributed by atoms with Crippen LogP contribution in [-0.2, 0) is 12.7 Å². The third kappa shape index (κ3) is 4.05. The molecule has 0 atom stereocenters. The summed E-state index contributed by atoms with van der Waals surface area (Å²) in [5, 5.41) is 10.5. The van der Waals surface area contributed by atoms with Gasteiger partial charge in [-0.05, 0) is 43.2 Å². The number of pyridine rings is 1. The standard InChI is InChI=1S/C19H16F3N5O2/c20-19(21,22)12-6-7-15-13(10-12)18(28)25-16-5-3-4-14(24-16)17-26-23-11-27(17)8-1-2-9-29-15/h3-7,10-11H,1-2,8-9H2,(H,24,25,28). The molecule has 2 aromatic heterocycles. The van der Waals surface area contributed by atoms with Crippen molar-refractivity contribution in [2.45, 2.75) is 25.6 Å². The van der Waals surface area contributed by atoms with E-state index >= 15 is 0 Å². The first-order chi connectivity index (χ1) is 13.9. The second-order valence-electron chi connectivity index (χ2n) is 6.47. The minimum atomic E-state index is -4.57. The Kier molecular flexibility index (Phi) is 4.91. The van der Waals surface area contributed by atoms with Gasteiger partial charge in [0.05, 0.1) is 17.7 Å². The largest absolute Gasteiger partial charge is 0.493 e. The molecule has 1 N–H and O–H groups in total. The Bertz CT molecular complexity index is 1050. The molecule has 4 rings (SSSR count). The van der Waals surface area contributed by atoms with Gasteiger partial charge in [-0.15, -0.1) is 10.2 Å². The van der Waals surface area contributed by atoms with Gasteiger partial charge < -0.3 is 14.6 Å². The number of nitrogens with one attached hydrogen (secondary N) is 1. The molecule has 7 nitrogen and oxygen atoms in total. The highest BCUT2D eigenvalue weighted by Crippen LogP contribution is 2.33. The summed E-state index contributed by atoms with van der Waals surface area (Å²) in [4.78, 5) is 17.1. The zero-order valence-corrected chi connectivity index (χ0v) is 15.1. The molecule has 0 radical (unpaired) electrons. The SMILES string of the molecule is O=C1Nc2cccc(n2)-c2nncn2CCCCOc2ccc(C(F)(F)F)cc21. The number of amides is 1. The topological polar surface area (TPSA) is 81.9 Å². The molecule has 0 saturated carbocycles. The number of hydrogen-bond donors (Lipinski definition) is 1. The first kappa shape index (κ1) is 18.9. The molecule has 150 valence electrons. The number of ether oxygens (including phenoxy) is 1. The smallest absolute Gasteiger partial charge is 0.416 e. The molecule has 10 heteroatoms. The predicted molar refractivity (Wildman–Crippen MR) is 97.4 cm³/mol. The summed E-state index contributed by atoms with van der Waals surface area (Å²) in [6, 6.07) is 7.80. The number of carbonyl (C=O) groups excluding carboxylic acids is 1. The summed E-state index contributed by atoms with van der Waals surface area (Å²) in [5.41, 5.74) is -0.629. The Morgan fingerprint density at radius 1 is 1.14 bits per heavy atom. The first-order valence-corrected chi connectivity index (χ1v) is 8.92. The lowest BCUT2D eigenvalue weighted by Gasteiger charge is -2.15. The maximum Gasteiger partial charge on any atom is 0.416 e. The molecule has 2 bridgehead atoms. The maximum atomic E-state index is 13.1. The minimum absolute atomic E-state index is 0.0914. The van der Waals surface area contributed by atoms with Crippen LogP contribution < -0.4 is 10.1 Å². The Morgan fingerprint density at radius 3 is 2.83 bits per heavy atom. The lowest BCUT2D eigenvalue weighted by Crippen LogP contribution is -2.17. The number of aromatic nitrogens is 4. The van der Waals surface area contributed by atoms with Crippen molar-refractivity contribution in [3.63, 3.8) is 0 Å². The van der Waals surface area contributed by atoms with Crippen LogP contribution in [0.15, 0.2) is 42.7 Å². The Labute approximate surface area is 163 Å². The molecule has 29 heavy (non-hydrogen) atoms. The van der Waals surface area contributed by atoms with Crippen LogP contribution in [0.1, 0.15) is 28.8 Å². The van der Waals surface area contributed by atoms with E-state index in [0.717, 1.165) is 18.6 Å². The van der Waals surface area contributed by atoms with E-state index in [4.69, 9.17) is 4.74 Å². The van der Waals surface area contributed by atoms with E-state index in [0.29, 0.717) is 24.5 Å². The fourth-order valence-corrected chi connectivity index (χ4v) is 3.01. The van der Waals surface area contributed by atoms with Crippen LogP contribution in [0.5, 0.6) is 5.75 Å². The summed E-state index contributed by atoms with van der Waals surface area (Å²) < 4.78 is 46.8. The normalized spacial score (nSPS) is 14.8. The number of aryl methyl sites for hydroxylation is 1. The molecule has 0 unspecified atom stereocenters. The minimum Gasteiger partial charge on any atom is -0.493 e. The fraction of sp³-hybridized carbons (Fsp3) is 0.263. The number of fused-ring (bicyclic) bond motifs is 5. The Balaban J connectivity index is 1.75. The molecule has 0 saturated heterocycles. The van der Waals surface area contributed by atoms with E-state index in [1.165, 1.54) is 6.07 Å². The summed E-state index contributed by atoms with van der Waals surface area (Å²) in [6.07, 6.45) is -1.61. The summed E-state index contributed by atoms with van der Waals surface area (Å²) in [7, 11) is 0. The van der Waals surface area contributed by atoms with Crippen LogP contribution in [0.4, 0.5) is 19.0 Å². The van der Waals surface area contributed by atoms with Crippen LogP contribution in [0, 0.1) is 0 Å². The number of rotatable bonds is 0. The van der Waals surface area contributed by atoms with Gasteiger partial charge in [0.2, 0.25) is 0 Å². The molecule has 0 spiro atoms. The molecule has 1 amide bonds. The molecule has 1 aromatic carbocycles. The monoisotopic (exact) mass is 403 g/mol. The van der Waals surface area contributed by atoms with Crippen LogP contribution in [-0.4, -0.2) is 32.3 Å². The van der Waals surface area contributed by atoms with E-state index < -0.39 is 17.6 Å². The van der Waals surface area contributed by atoms with Crippen molar-refractivity contribution in [3.05, 3.63) is 53.9 Å². The third-order valence-corrected chi connectivity index (χ3v) is 4.44. The van der Waals surface area contributed by atoms with Crippen LogP contribution in [0.2, 0.25) is 0 Å². The molecule has 1 aliphatic rings. The summed E-state index contributed by atoms with van der Waals surface area (Å²) >= 11 is 0. The van der Waals surface area contributed by atoms with Gasteiger partial charge in [-0.25, -0.2) is 4.98 Å². The van der Waals surface area contributed by atoms with Gasteiger partial charge in [0.15, 0.2) is 5.82 Å². The van der Waals surface area contributed by atoms with Gasteiger partial charge in [0, 0.05) is 6.54 Å². The Morgan fingerprint density at radius 2 is 2.00 bits per heavy atom. The van der Waals surface area contributed by atoms with Crippen LogP contribution >= 0.6 is 0 Å². The second kappa shape index (κ2) is 7.53. The number of hydrogen-bond acceptors (Lipinski definition) is 5. The zero-order valence-electron chi connectivity index (χ0n) is 15.1. The van der Waals surface area contributed by atoms with Crippen molar-refractivity contribution >= 4 is 11.7 Å². The molecular weight excluding hydrogens is 387 g/mol. The van der Waals surface area contributed by atoms with Gasteiger partial charge in [-0.1, -0.05) is 6.07 Å². The van der Waals surface area contributed by atoms with Gasteiger partial charge in [0.1, 0.15) is 23.6 Å². The molecule has 3 heterocycles. The summed E-state index contributed by atoms with van der Waals surface area (Å²) in [5.74, 6) is 0.0734. The van der Waals surface area contributed by atoms with E-state index in [-0.39, 0.29) is 23.7 Å². The van der Waals surface area contributed by atoms with Crippen LogP contribution in [0.3, 0.4) is 0 Å². The van der Waals surface area contributed by atoms with E-state index in [1.54, 1.807) is 24.5 Å². The van der Waals surface area contributed by atoms with Crippen molar-refractivity contribution in [1.82, 2.24) is 19.7 Å². The molecule has 0 fully saturated rings. The average Bonchev–Trinajstić information content (AvgIpc) is 3.15. The van der Waals surface area contributed by atoms with E-state index in [2.05, 4.69) is 20.5 Å². The van der Waals surface area contributed by atoms with Crippen molar-refractivity contribution in [2.75, 3.05) is 11.9 Å². The molecule has 1 aliphatic heterocycles. The first-order valence-electron chi connectivity index (χ1n) is 8.92. The highest BCUT2D eigenvalue weighted by atomic mass is 19.4. The highest BCUT2D eigenvalue weighted by molar-refractivity contribution is 6.06. The quantitative estimate of drug-likeness (QED) is 0.618. The summed E-state index contributed by atoms with van der Waals surface area (Å²) in [6.45, 7) is 0.885. The Hall–Kier alpha value is -3.43. The van der Waals surface area contributed by atoms with Crippen molar-refractivity contribution in [3.8, 4) is 17.3 Å². The molecular formula is C19H16F3N5O2. The third-order valence-electron chi connectivity index (χ3n) is 4.44. The predicted octanol–water partition coefficient (Wildman–Crippen LogP) is 3.78. The lowest BCUT2D eigenvalue weighted by atomic mass is 10.1. The van der Waals surface area contributed by atoms with Gasteiger partial charge >= 0.3 is 6.18 Å². The number of nitrogens with zero attached hydrogens (tertiary/aromatic N) is 4. The number of benzene rings is 1. The van der Waals surface area contributed by atoms with Gasteiger partial charge in [0.25, 0.3) is 5.91 Å². The second-order valence-corrected chi connectivity index (χ2v) is 6.47. The molecule has 3 aromatic rings. The zero-order chi connectivity index (χ0) is 20.4. The number of anilines is 1. The van der Waals surface area contributed by atoms with Gasteiger partial charge in [-0.2, -0.15) is 13.2 Å². The average molecular weight is 403 g/mol. The van der Waals surface area contributed by atoms with Crippen molar-refractivity contribution in [2.24, 2.45) is 0 Å². The van der Waals surface area contributed by atoms with Crippen molar-refractivity contribution < 1.29 is 22.7 Å². The van der Waals surface area contributed by atoms with Gasteiger partial charge in [-0.3, -0.25) is 4.79 Å².